The summed E-state index contributed by atoms with van der Waals surface area (Å²) in [7, 11) is 0. The van der Waals surface area contributed by atoms with Crippen LogP contribution in [0.1, 0.15) is 18.9 Å². The number of carbonyl (C=O) groups is 1. The van der Waals surface area contributed by atoms with Crippen LogP contribution in [0.5, 0.6) is 5.75 Å². The molecule has 1 aromatic carbocycles. The number of aliphatic hydroxyl groups is 1. The number of carbonyl (C=O) groups excluding carboxylic acids is 1. The summed E-state index contributed by atoms with van der Waals surface area (Å²) < 4.78 is 0. The molecule has 15 heavy (non-hydrogen) atoms. The Morgan fingerprint density at radius 2 is 2.27 bits per heavy atom. The van der Waals surface area contributed by atoms with Crippen LogP contribution >= 0.6 is 0 Å². The standard InChI is InChI=1S/C11H14O4/c1-9(13)14-15-11-6-2-4-10(8-11)5-3-7-12/h2,4,6,8,12H,3,5,7H2,1H3. The highest BCUT2D eigenvalue weighted by molar-refractivity contribution is 5.65. The van der Waals surface area contributed by atoms with E-state index in [2.05, 4.69) is 4.89 Å². The molecule has 0 aliphatic rings. The SMILES string of the molecule is CC(=O)OOc1cccc(CCCO)c1. The predicted molar refractivity (Wildman–Crippen MR) is 54.2 cm³/mol. The summed E-state index contributed by atoms with van der Waals surface area (Å²) in [5.41, 5.74) is 1.04. The summed E-state index contributed by atoms with van der Waals surface area (Å²) in [4.78, 5) is 19.7. The minimum atomic E-state index is -0.490. The van der Waals surface area contributed by atoms with Gasteiger partial charge < -0.3 is 5.11 Å². The molecule has 4 heteroatoms. The Bertz CT molecular complexity index is 322. The fourth-order valence-electron chi connectivity index (χ4n) is 1.14. The molecule has 0 unspecified atom stereocenters. The monoisotopic (exact) mass is 210 g/mol. The third-order valence-electron chi connectivity index (χ3n) is 1.78. The zero-order chi connectivity index (χ0) is 11.1. The van der Waals surface area contributed by atoms with E-state index >= 15 is 0 Å². The maximum atomic E-state index is 10.5. The van der Waals surface area contributed by atoms with Crippen molar-refractivity contribution in [2.45, 2.75) is 19.8 Å². The topological polar surface area (TPSA) is 55.8 Å². The Balaban J connectivity index is 2.53. The van der Waals surface area contributed by atoms with E-state index in [0.717, 1.165) is 12.0 Å². The van der Waals surface area contributed by atoms with Crippen LogP contribution in [-0.2, 0) is 16.1 Å². The molecule has 0 aliphatic carbocycles. The highest BCUT2D eigenvalue weighted by Crippen LogP contribution is 2.14. The third-order valence-corrected chi connectivity index (χ3v) is 1.78. The average Bonchev–Trinajstić information content (AvgIpc) is 2.24. The van der Waals surface area contributed by atoms with E-state index in [1.807, 2.05) is 12.1 Å². The molecule has 0 amide bonds. The Kier molecular flexibility index (Phi) is 4.63. The summed E-state index contributed by atoms with van der Waals surface area (Å²) >= 11 is 0. The van der Waals surface area contributed by atoms with Crippen molar-refractivity contribution in [3.8, 4) is 5.75 Å². The fourth-order valence-corrected chi connectivity index (χ4v) is 1.14. The van der Waals surface area contributed by atoms with Crippen molar-refractivity contribution in [3.63, 3.8) is 0 Å². The van der Waals surface area contributed by atoms with Gasteiger partial charge in [0.25, 0.3) is 0 Å². The predicted octanol–water partition coefficient (Wildman–Crippen LogP) is 1.47. The van der Waals surface area contributed by atoms with E-state index in [1.165, 1.54) is 6.92 Å². The highest BCUT2D eigenvalue weighted by atomic mass is 17.2. The molecular weight excluding hydrogens is 196 g/mol. The molecule has 0 saturated carbocycles. The van der Waals surface area contributed by atoms with Gasteiger partial charge in [-0.05, 0) is 30.5 Å². The molecule has 1 aromatic rings. The summed E-state index contributed by atoms with van der Waals surface area (Å²) in [6, 6.07) is 7.21. The van der Waals surface area contributed by atoms with Gasteiger partial charge in [-0.25, -0.2) is 4.79 Å². The first kappa shape index (κ1) is 11.5. The van der Waals surface area contributed by atoms with Crippen molar-refractivity contribution in [2.24, 2.45) is 0 Å². The zero-order valence-electron chi connectivity index (χ0n) is 8.60. The molecule has 1 N–H and O–H groups in total. The quantitative estimate of drug-likeness (QED) is 0.590. The van der Waals surface area contributed by atoms with Crippen molar-refractivity contribution in [1.29, 1.82) is 0 Å². The zero-order valence-corrected chi connectivity index (χ0v) is 8.60. The molecule has 0 saturated heterocycles. The van der Waals surface area contributed by atoms with Crippen LogP contribution in [0.15, 0.2) is 24.3 Å². The third kappa shape index (κ3) is 4.46. The number of rotatable bonds is 5. The molecule has 1 rings (SSSR count). The molecule has 0 radical (unpaired) electrons. The molecule has 0 aromatic heterocycles. The minimum Gasteiger partial charge on any atom is -0.396 e. The summed E-state index contributed by atoms with van der Waals surface area (Å²) in [5.74, 6) is -0.00333. The van der Waals surface area contributed by atoms with E-state index in [0.29, 0.717) is 12.2 Å². The molecule has 0 heterocycles. The highest BCUT2D eigenvalue weighted by Gasteiger charge is 2.00. The molecule has 0 spiro atoms. The van der Waals surface area contributed by atoms with Gasteiger partial charge in [-0.2, -0.15) is 0 Å². The van der Waals surface area contributed by atoms with Crippen LogP contribution in [0.2, 0.25) is 0 Å². The first-order valence-corrected chi connectivity index (χ1v) is 4.77. The van der Waals surface area contributed by atoms with Gasteiger partial charge in [-0.15, -0.1) is 0 Å². The number of aryl methyl sites for hydroxylation is 1. The van der Waals surface area contributed by atoms with Gasteiger partial charge in [0.1, 0.15) is 0 Å². The molecule has 0 fully saturated rings. The Labute approximate surface area is 88.4 Å². The lowest BCUT2D eigenvalue weighted by molar-refractivity contribution is -0.210. The molecule has 0 aliphatic heterocycles. The minimum absolute atomic E-state index is 0.162. The van der Waals surface area contributed by atoms with Crippen LogP contribution in [0.25, 0.3) is 0 Å². The summed E-state index contributed by atoms with van der Waals surface area (Å²) in [6.07, 6.45) is 1.48. The lowest BCUT2D eigenvalue weighted by atomic mass is 10.1. The number of hydrogen-bond donors (Lipinski definition) is 1. The first-order valence-electron chi connectivity index (χ1n) is 4.77. The Hall–Kier alpha value is -1.55. The van der Waals surface area contributed by atoms with Crippen molar-refractivity contribution >= 4 is 5.97 Å². The molecular formula is C11H14O4. The smallest absolute Gasteiger partial charge is 0.352 e. The van der Waals surface area contributed by atoms with Gasteiger partial charge >= 0.3 is 5.97 Å². The van der Waals surface area contributed by atoms with Gasteiger partial charge in [-0.3, -0.25) is 9.78 Å². The number of hydrogen-bond acceptors (Lipinski definition) is 4. The number of aliphatic hydroxyl groups excluding tert-OH is 1. The maximum absolute atomic E-state index is 10.5. The Morgan fingerprint density at radius 1 is 1.47 bits per heavy atom. The normalized spacial score (nSPS) is 9.73. The van der Waals surface area contributed by atoms with Crippen molar-refractivity contribution < 1.29 is 19.7 Å². The van der Waals surface area contributed by atoms with E-state index in [9.17, 15) is 4.79 Å². The van der Waals surface area contributed by atoms with Crippen molar-refractivity contribution in [1.82, 2.24) is 0 Å². The van der Waals surface area contributed by atoms with E-state index in [4.69, 9.17) is 9.99 Å². The summed E-state index contributed by atoms with van der Waals surface area (Å²) in [6.45, 7) is 1.44. The molecule has 0 bridgehead atoms. The fraction of sp³-hybridized carbons (Fsp3) is 0.364. The lowest BCUT2D eigenvalue weighted by Crippen LogP contribution is -2.03. The van der Waals surface area contributed by atoms with Crippen molar-refractivity contribution in [3.05, 3.63) is 29.8 Å². The van der Waals surface area contributed by atoms with Gasteiger partial charge in [0, 0.05) is 13.5 Å². The summed E-state index contributed by atoms with van der Waals surface area (Å²) in [5, 5.41) is 8.67. The average molecular weight is 210 g/mol. The molecule has 4 nitrogen and oxygen atoms in total. The van der Waals surface area contributed by atoms with E-state index in [1.54, 1.807) is 12.1 Å². The Morgan fingerprint density at radius 3 is 2.93 bits per heavy atom. The maximum Gasteiger partial charge on any atom is 0.352 e. The second-order valence-corrected chi connectivity index (χ2v) is 3.13. The second-order valence-electron chi connectivity index (χ2n) is 3.13. The first-order chi connectivity index (χ1) is 7.22. The van der Waals surface area contributed by atoms with Crippen LogP contribution in [0.3, 0.4) is 0 Å². The second kappa shape index (κ2) is 6.03. The van der Waals surface area contributed by atoms with E-state index in [-0.39, 0.29) is 6.61 Å². The van der Waals surface area contributed by atoms with Gasteiger partial charge in [0.15, 0.2) is 5.75 Å². The van der Waals surface area contributed by atoms with Crippen LogP contribution < -0.4 is 4.89 Å². The van der Waals surface area contributed by atoms with Gasteiger partial charge in [0.2, 0.25) is 0 Å². The largest absolute Gasteiger partial charge is 0.396 e. The van der Waals surface area contributed by atoms with Gasteiger partial charge in [-0.1, -0.05) is 12.1 Å². The van der Waals surface area contributed by atoms with Crippen LogP contribution in [-0.4, -0.2) is 17.7 Å². The lowest BCUT2D eigenvalue weighted by Gasteiger charge is -2.04. The molecule has 0 atom stereocenters. The van der Waals surface area contributed by atoms with E-state index < -0.39 is 5.97 Å². The van der Waals surface area contributed by atoms with Crippen LogP contribution in [0, 0.1) is 0 Å². The molecule has 82 valence electrons. The van der Waals surface area contributed by atoms with Crippen molar-refractivity contribution in [2.75, 3.05) is 6.61 Å². The van der Waals surface area contributed by atoms with Crippen LogP contribution in [0.4, 0.5) is 0 Å². The number of benzene rings is 1. The van der Waals surface area contributed by atoms with Gasteiger partial charge in [0.05, 0.1) is 0 Å².